The Balaban J connectivity index is 2.61. The van der Waals surface area contributed by atoms with Gasteiger partial charge in [-0.2, -0.15) is 0 Å². The SMILES string of the molecule is CCCCCN(CCC)CC(=O)Nc1ccc(F)c(F)c1F. The molecule has 0 fully saturated rings. The first kappa shape index (κ1) is 18.5. The van der Waals surface area contributed by atoms with E-state index in [1.54, 1.807) is 0 Å². The number of carbonyl (C=O) groups is 1. The molecule has 0 unspecified atom stereocenters. The van der Waals surface area contributed by atoms with Gasteiger partial charge >= 0.3 is 0 Å². The van der Waals surface area contributed by atoms with E-state index in [2.05, 4.69) is 12.2 Å². The predicted molar refractivity (Wildman–Crippen MR) is 81.2 cm³/mol. The van der Waals surface area contributed by atoms with Gasteiger partial charge in [0, 0.05) is 0 Å². The van der Waals surface area contributed by atoms with Gasteiger partial charge < -0.3 is 5.32 Å². The maximum atomic E-state index is 13.5. The smallest absolute Gasteiger partial charge is 0.238 e. The number of carbonyl (C=O) groups excluding carboxylic acids is 1. The number of rotatable bonds is 9. The van der Waals surface area contributed by atoms with Crippen molar-refractivity contribution in [3.63, 3.8) is 0 Å². The maximum Gasteiger partial charge on any atom is 0.238 e. The van der Waals surface area contributed by atoms with Gasteiger partial charge in [0.1, 0.15) is 0 Å². The molecule has 0 bridgehead atoms. The van der Waals surface area contributed by atoms with Crippen molar-refractivity contribution in [2.24, 2.45) is 0 Å². The summed E-state index contributed by atoms with van der Waals surface area (Å²) < 4.78 is 39.5. The average Bonchev–Trinajstić information content (AvgIpc) is 2.48. The average molecular weight is 316 g/mol. The molecule has 0 aliphatic rings. The van der Waals surface area contributed by atoms with Crippen LogP contribution in [0.4, 0.5) is 18.9 Å². The zero-order valence-electron chi connectivity index (χ0n) is 13.1. The lowest BCUT2D eigenvalue weighted by atomic mass is 10.2. The van der Waals surface area contributed by atoms with Gasteiger partial charge in [0.25, 0.3) is 0 Å². The fourth-order valence-electron chi connectivity index (χ4n) is 2.19. The van der Waals surface area contributed by atoms with Gasteiger partial charge in [-0.15, -0.1) is 0 Å². The summed E-state index contributed by atoms with van der Waals surface area (Å²) in [5.74, 6) is -4.66. The van der Waals surface area contributed by atoms with Crippen LogP contribution in [0.25, 0.3) is 0 Å². The van der Waals surface area contributed by atoms with Gasteiger partial charge in [-0.05, 0) is 38.1 Å². The summed E-state index contributed by atoms with van der Waals surface area (Å²) in [5, 5.41) is 2.30. The van der Waals surface area contributed by atoms with E-state index < -0.39 is 23.4 Å². The first-order chi connectivity index (χ1) is 10.5. The molecule has 1 N–H and O–H groups in total. The Bertz CT molecular complexity index is 495. The third-order valence-electron chi connectivity index (χ3n) is 3.29. The lowest BCUT2D eigenvalue weighted by molar-refractivity contribution is -0.117. The van der Waals surface area contributed by atoms with Crippen LogP contribution >= 0.6 is 0 Å². The molecule has 6 heteroatoms. The molecule has 22 heavy (non-hydrogen) atoms. The van der Waals surface area contributed by atoms with Crippen LogP contribution in [-0.4, -0.2) is 30.4 Å². The van der Waals surface area contributed by atoms with Crippen molar-refractivity contribution >= 4 is 11.6 Å². The summed E-state index contributed by atoms with van der Waals surface area (Å²) in [4.78, 5) is 13.9. The topological polar surface area (TPSA) is 32.3 Å². The zero-order chi connectivity index (χ0) is 16.5. The molecule has 0 radical (unpaired) electrons. The van der Waals surface area contributed by atoms with Crippen molar-refractivity contribution in [1.82, 2.24) is 4.90 Å². The van der Waals surface area contributed by atoms with Crippen molar-refractivity contribution in [1.29, 1.82) is 0 Å². The Hall–Kier alpha value is -1.56. The van der Waals surface area contributed by atoms with Crippen LogP contribution in [-0.2, 0) is 4.79 Å². The van der Waals surface area contributed by atoms with Gasteiger partial charge in [-0.25, -0.2) is 13.2 Å². The van der Waals surface area contributed by atoms with Crippen molar-refractivity contribution in [2.45, 2.75) is 39.5 Å². The van der Waals surface area contributed by atoms with Crippen molar-refractivity contribution in [2.75, 3.05) is 25.0 Å². The first-order valence-electron chi connectivity index (χ1n) is 7.65. The highest BCUT2D eigenvalue weighted by Gasteiger charge is 2.16. The quantitative estimate of drug-likeness (QED) is 0.553. The zero-order valence-corrected chi connectivity index (χ0v) is 13.1. The van der Waals surface area contributed by atoms with Gasteiger partial charge in [-0.1, -0.05) is 26.7 Å². The Morgan fingerprint density at radius 2 is 1.77 bits per heavy atom. The van der Waals surface area contributed by atoms with Crippen LogP contribution < -0.4 is 5.32 Å². The number of hydrogen-bond acceptors (Lipinski definition) is 2. The van der Waals surface area contributed by atoms with Crippen LogP contribution in [0.15, 0.2) is 12.1 Å². The molecule has 0 aromatic heterocycles. The minimum atomic E-state index is -1.58. The second kappa shape index (κ2) is 9.46. The number of unbranched alkanes of at least 4 members (excludes halogenated alkanes) is 2. The van der Waals surface area contributed by atoms with E-state index in [4.69, 9.17) is 0 Å². The Morgan fingerprint density at radius 1 is 1.05 bits per heavy atom. The van der Waals surface area contributed by atoms with Crippen LogP contribution in [0.2, 0.25) is 0 Å². The number of hydrogen-bond donors (Lipinski definition) is 1. The third kappa shape index (κ3) is 5.67. The fourth-order valence-corrected chi connectivity index (χ4v) is 2.19. The van der Waals surface area contributed by atoms with Crippen LogP contribution in [0.5, 0.6) is 0 Å². The standard InChI is InChI=1S/C16H23F3N2O/c1-3-5-6-10-21(9-4-2)11-14(22)20-13-8-7-12(17)15(18)16(13)19/h7-8H,3-6,9-11H2,1-2H3,(H,20,22). The van der Waals surface area contributed by atoms with E-state index >= 15 is 0 Å². The molecule has 0 aliphatic heterocycles. The van der Waals surface area contributed by atoms with Crippen molar-refractivity contribution in [3.05, 3.63) is 29.6 Å². The molecule has 1 aromatic carbocycles. The number of benzene rings is 1. The number of halogens is 3. The molecule has 1 aromatic rings. The van der Waals surface area contributed by atoms with E-state index in [1.165, 1.54) is 0 Å². The molecule has 1 rings (SSSR count). The third-order valence-corrected chi connectivity index (χ3v) is 3.29. The molecule has 124 valence electrons. The molecule has 0 spiro atoms. The van der Waals surface area contributed by atoms with Crippen LogP contribution in [0.3, 0.4) is 0 Å². The van der Waals surface area contributed by atoms with E-state index in [-0.39, 0.29) is 12.2 Å². The number of nitrogens with one attached hydrogen (secondary N) is 1. The van der Waals surface area contributed by atoms with Crippen LogP contribution in [0.1, 0.15) is 39.5 Å². The summed E-state index contributed by atoms with van der Waals surface area (Å²) in [6.07, 6.45) is 4.06. The van der Waals surface area contributed by atoms with Gasteiger partial charge in [0.2, 0.25) is 5.91 Å². The lowest BCUT2D eigenvalue weighted by Gasteiger charge is -2.21. The second-order valence-corrected chi connectivity index (χ2v) is 5.25. The van der Waals surface area contributed by atoms with Gasteiger partial charge in [-0.3, -0.25) is 9.69 Å². The Labute approximate surface area is 129 Å². The highest BCUT2D eigenvalue weighted by molar-refractivity contribution is 5.92. The minimum absolute atomic E-state index is 0.107. The van der Waals surface area contributed by atoms with Crippen molar-refractivity contribution < 1.29 is 18.0 Å². The maximum absolute atomic E-state index is 13.5. The van der Waals surface area contributed by atoms with Crippen molar-refractivity contribution in [3.8, 4) is 0 Å². The summed E-state index contributed by atoms with van der Waals surface area (Å²) in [5.41, 5.74) is -0.339. The molecule has 0 atom stereocenters. The molecule has 0 saturated heterocycles. The van der Waals surface area contributed by atoms with Gasteiger partial charge in [0.05, 0.1) is 12.2 Å². The molecule has 0 aliphatic carbocycles. The highest BCUT2D eigenvalue weighted by atomic mass is 19.2. The fraction of sp³-hybridized carbons (Fsp3) is 0.562. The summed E-state index contributed by atoms with van der Waals surface area (Å²) in [6.45, 7) is 5.77. The largest absolute Gasteiger partial charge is 0.322 e. The Kier molecular flexibility index (Phi) is 7.95. The summed E-state index contributed by atoms with van der Waals surface area (Å²) >= 11 is 0. The first-order valence-corrected chi connectivity index (χ1v) is 7.65. The molecular weight excluding hydrogens is 293 g/mol. The minimum Gasteiger partial charge on any atom is -0.322 e. The predicted octanol–water partition coefficient (Wildman–Crippen LogP) is 3.94. The number of anilines is 1. The van der Waals surface area contributed by atoms with E-state index in [1.807, 2.05) is 11.8 Å². The van der Waals surface area contributed by atoms with E-state index in [0.29, 0.717) is 0 Å². The van der Waals surface area contributed by atoms with Crippen LogP contribution in [0, 0.1) is 17.5 Å². The number of amides is 1. The molecule has 3 nitrogen and oxygen atoms in total. The van der Waals surface area contributed by atoms with E-state index in [9.17, 15) is 18.0 Å². The van der Waals surface area contributed by atoms with Gasteiger partial charge in [0.15, 0.2) is 17.5 Å². The summed E-state index contributed by atoms with van der Waals surface area (Å²) in [7, 11) is 0. The monoisotopic (exact) mass is 316 g/mol. The molecular formula is C16H23F3N2O. The normalized spacial score (nSPS) is 11.0. The lowest BCUT2D eigenvalue weighted by Crippen LogP contribution is -2.34. The number of nitrogens with zero attached hydrogens (tertiary/aromatic N) is 1. The molecule has 1 amide bonds. The summed E-state index contributed by atoms with van der Waals surface area (Å²) in [6, 6.07) is 1.81. The second-order valence-electron chi connectivity index (χ2n) is 5.25. The highest BCUT2D eigenvalue weighted by Crippen LogP contribution is 2.19. The molecule has 0 heterocycles. The Morgan fingerprint density at radius 3 is 2.41 bits per heavy atom. The van der Waals surface area contributed by atoms with E-state index in [0.717, 1.165) is 50.9 Å². The molecule has 0 saturated carbocycles.